The third kappa shape index (κ3) is 4.62. The number of carbonyl (C=O) groups is 2. The number of methoxy groups -OCH3 is 1. The number of esters is 1. The normalized spacial score (nSPS) is 11.2. The summed E-state index contributed by atoms with van der Waals surface area (Å²) < 4.78 is 18.2. The molecule has 0 spiro atoms. The Kier molecular flexibility index (Phi) is 5.21. The van der Waals surface area contributed by atoms with Crippen LogP contribution in [0.5, 0.6) is 0 Å². The second-order valence-electron chi connectivity index (χ2n) is 5.19. The predicted molar refractivity (Wildman–Crippen MR) is 72.5 cm³/mol. The van der Waals surface area contributed by atoms with Crippen LogP contribution in [0.4, 0.5) is 4.39 Å². The highest BCUT2D eigenvalue weighted by molar-refractivity contribution is 5.89. The Morgan fingerprint density at radius 3 is 2.55 bits per heavy atom. The van der Waals surface area contributed by atoms with Gasteiger partial charge in [-0.15, -0.1) is 0 Å². The van der Waals surface area contributed by atoms with E-state index in [9.17, 15) is 14.0 Å². The van der Waals surface area contributed by atoms with E-state index in [0.29, 0.717) is 12.1 Å². The van der Waals surface area contributed by atoms with Gasteiger partial charge in [-0.3, -0.25) is 4.79 Å². The van der Waals surface area contributed by atoms with E-state index < -0.39 is 23.2 Å². The van der Waals surface area contributed by atoms with Crippen LogP contribution in [0, 0.1) is 5.82 Å². The Hall–Kier alpha value is -1.95. The summed E-state index contributed by atoms with van der Waals surface area (Å²) in [6.07, 6.45) is 0.176. The molecular weight excluding hydrogens is 263 g/mol. The van der Waals surface area contributed by atoms with Crippen LogP contribution in [0.25, 0.3) is 0 Å². The molecule has 0 aliphatic carbocycles. The molecule has 6 heteroatoms. The molecule has 0 aliphatic heterocycles. The molecule has 0 radical (unpaired) electrons. The maximum atomic E-state index is 13.7. The standard InChI is InChI=1S/C14H19FN2O3/c1-14(2,7-12(16)18)17-8-9-4-5-10(11(15)6-9)13(19)20-3/h4-6,17H,7-8H2,1-3H3,(H2,16,18). The molecule has 0 saturated heterocycles. The molecule has 1 amide bonds. The highest BCUT2D eigenvalue weighted by Crippen LogP contribution is 2.14. The number of hydrogen-bond donors (Lipinski definition) is 2. The first kappa shape index (κ1) is 16.1. The lowest BCUT2D eigenvalue weighted by atomic mass is 9.99. The van der Waals surface area contributed by atoms with E-state index in [2.05, 4.69) is 10.1 Å². The number of primary amides is 1. The van der Waals surface area contributed by atoms with Crippen LogP contribution in [0.15, 0.2) is 18.2 Å². The number of rotatable bonds is 6. The Bertz CT molecular complexity index is 515. The lowest BCUT2D eigenvalue weighted by molar-refractivity contribution is -0.119. The smallest absolute Gasteiger partial charge is 0.340 e. The summed E-state index contributed by atoms with van der Waals surface area (Å²) in [7, 11) is 1.20. The molecule has 1 aromatic carbocycles. The fourth-order valence-electron chi connectivity index (χ4n) is 1.78. The summed E-state index contributed by atoms with van der Waals surface area (Å²) >= 11 is 0. The fraction of sp³-hybridized carbons (Fsp3) is 0.429. The van der Waals surface area contributed by atoms with Gasteiger partial charge in [-0.2, -0.15) is 0 Å². The van der Waals surface area contributed by atoms with Crippen molar-refractivity contribution in [2.24, 2.45) is 5.73 Å². The van der Waals surface area contributed by atoms with Crippen LogP contribution in [0.3, 0.4) is 0 Å². The molecule has 5 nitrogen and oxygen atoms in total. The molecule has 1 aromatic rings. The monoisotopic (exact) mass is 282 g/mol. The van der Waals surface area contributed by atoms with E-state index >= 15 is 0 Å². The van der Waals surface area contributed by atoms with Crippen LogP contribution in [-0.4, -0.2) is 24.5 Å². The Labute approximate surface area is 117 Å². The van der Waals surface area contributed by atoms with Gasteiger partial charge in [0.05, 0.1) is 12.7 Å². The van der Waals surface area contributed by atoms with Crippen molar-refractivity contribution in [2.75, 3.05) is 7.11 Å². The topological polar surface area (TPSA) is 81.4 Å². The van der Waals surface area contributed by atoms with E-state index in [0.717, 1.165) is 0 Å². The van der Waals surface area contributed by atoms with Gasteiger partial charge in [0.2, 0.25) is 5.91 Å². The number of hydrogen-bond acceptors (Lipinski definition) is 4. The largest absolute Gasteiger partial charge is 0.465 e. The highest BCUT2D eigenvalue weighted by atomic mass is 19.1. The zero-order valence-electron chi connectivity index (χ0n) is 11.8. The van der Waals surface area contributed by atoms with Crippen LogP contribution in [0.1, 0.15) is 36.2 Å². The minimum absolute atomic E-state index is 0.104. The number of halogens is 1. The van der Waals surface area contributed by atoms with Crippen molar-refractivity contribution in [1.82, 2.24) is 5.32 Å². The molecule has 3 N–H and O–H groups in total. The van der Waals surface area contributed by atoms with Crippen molar-refractivity contribution >= 4 is 11.9 Å². The first-order valence-corrected chi connectivity index (χ1v) is 6.15. The van der Waals surface area contributed by atoms with E-state index in [1.807, 2.05) is 13.8 Å². The molecule has 20 heavy (non-hydrogen) atoms. The molecule has 0 atom stereocenters. The molecule has 0 fully saturated rings. The molecule has 110 valence electrons. The van der Waals surface area contributed by atoms with Crippen LogP contribution >= 0.6 is 0 Å². The molecule has 0 saturated carbocycles. The first-order chi connectivity index (χ1) is 9.25. The van der Waals surface area contributed by atoms with Crippen molar-refractivity contribution in [3.8, 4) is 0 Å². The number of nitrogens with one attached hydrogen (secondary N) is 1. The third-order valence-electron chi connectivity index (χ3n) is 2.83. The van der Waals surface area contributed by atoms with Gasteiger partial charge in [-0.05, 0) is 31.5 Å². The lowest BCUT2D eigenvalue weighted by Crippen LogP contribution is -2.42. The van der Waals surface area contributed by atoms with Crippen molar-refractivity contribution in [3.63, 3.8) is 0 Å². The highest BCUT2D eigenvalue weighted by Gasteiger charge is 2.20. The lowest BCUT2D eigenvalue weighted by Gasteiger charge is -2.25. The first-order valence-electron chi connectivity index (χ1n) is 6.15. The van der Waals surface area contributed by atoms with Gasteiger partial charge in [0.15, 0.2) is 0 Å². The molecule has 0 aromatic heterocycles. The second kappa shape index (κ2) is 6.47. The minimum atomic E-state index is -0.712. The number of amides is 1. The summed E-state index contributed by atoms with van der Waals surface area (Å²) in [6.45, 7) is 4.02. The number of benzene rings is 1. The predicted octanol–water partition coefficient (Wildman–Crippen LogP) is 1.36. The maximum absolute atomic E-state index is 13.7. The molecule has 0 bridgehead atoms. The van der Waals surface area contributed by atoms with Crippen LogP contribution in [-0.2, 0) is 16.1 Å². The quantitative estimate of drug-likeness (QED) is 0.772. The average Bonchev–Trinajstić information content (AvgIpc) is 2.34. The fourth-order valence-corrected chi connectivity index (χ4v) is 1.78. The van der Waals surface area contributed by atoms with Gasteiger partial charge in [-0.25, -0.2) is 9.18 Å². The van der Waals surface area contributed by atoms with Gasteiger partial charge in [-0.1, -0.05) is 6.07 Å². The molecule has 0 unspecified atom stereocenters. The van der Waals surface area contributed by atoms with Crippen molar-refractivity contribution in [1.29, 1.82) is 0 Å². The van der Waals surface area contributed by atoms with Crippen LogP contribution in [0.2, 0.25) is 0 Å². The zero-order valence-corrected chi connectivity index (χ0v) is 11.8. The zero-order chi connectivity index (χ0) is 15.3. The van der Waals surface area contributed by atoms with E-state index in [-0.39, 0.29) is 12.0 Å². The number of nitrogens with two attached hydrogens (primary N) is 1. The molecular formula is C14H19FN2O3. The number of ether oxygens (including phenoxy) is 1. The summed E-state index contributed by atoms with van der Waals surface area (Å²) in [6, 6.07) is 4.27. The van der Waals surface area contributed by atoms with Crippen molar-refractivity contribution in [2.45, 2.75) is 32.4 Å². The summed E-state index contributed by atoms with van der Waals surface area (Å²) in [4.78, 5) is 22.2. The summed E-state index contributed by atoms with van der Waals surface area (Å²) in [5, 5.41) is 3.11. The van der Waals surface area contributed by atoms with Gasteiger partial charge in [0.1, 0.15) is 5.82 Å². The van der Waals surface area contributed by atoms with Crippen LogP contribution < -0.4 is 11.1 Å². The SMILES string of the molecule is COC(=O)c1ccc(CNC(C)(C)CC(N)=O)cc1F. The molecule has 1 rings (SSSR count). The van der Waals surface area contributed by atoms with E-state index in [1.165, 1.54) is 19.2 Å². The Morgan fingerprint density at radius 2 is 2.05 bits per heavy atom. The Morgan fingerprint density at radius 1 is 1.40 bits per heavy atom. The molecule has 0 heterocycles. The maximum Gasteiger partial charge on any atom is 0.340 e. The minimum Gasteiger partial charge on any atom is -0.465 e. The average molecular weight is 282 g/mol. The van der Waals surface area contributed by atoms with Gasteiger partial charge in [0, 0.05) is 18.5 Å². The van der Waals surface area contributed by atoms with Gasteiger partial charge < -0.3 is 15.8 Å². The second-order valence-corrected chi connectivity index (χ2v) is 5.19. The van der Waals surface area contributed by atoms with Crippen molar-refractivity contribution in [3.05, 3.63) is 35.1 Å². The Balaban J connectivity index is 2.73. The summed E-state index contributed by atoms with van der Waals surface area (Å²) in [5.74, 6) is -1.75. The van der Waals surface area contributed by atoms with E-state index in [4.69, 9.17) is 5.73 Å². The van der Waals surface area contributed by atoms with Gasteiger partial charge in [0.25, 0.3) is 0 Å². The van der Waals surface area contributed by atoms with Gasteiger partial charge >= 0.3 is 5.97 Å². The third-order valence-corrected chi connectivity index (χ3v) is 2.83. The van der Waals surface area contributed by atoms with Crippen molar-refractivity contribution < 1.29 is 18.7 Å². The summed E-state index contributed by atoms with van der Waals surface area (Å²) in [5.41, 5.74) is 5.22. The number of carbonyl (C=O) groups excluding carboxylic acids is 2. The molecule has 0 aliphatic rings. The van der Waals surface area contributed by atoms with E-state index in [1.54, 1.807) is 6.07 Å².